The van der Waals surface area contributed by atoms with Crippen molar-refractivity contribution in [1.29, 1.82) is 0 Å². The summed E-state index contributed by atoms with van der Waals surface area (Å²) < 4.78 is 1.38. The van der Waals surface area contributed by atoms with Gasteiger partial charge >= 0.3 is 0 Å². The van der Waals surface area contributed by atoms with Crippen molar-refractivity contribution in [2.75, 3.05) is 5.32 Å². The number of benzene rings is 2. The van der Waals surface area contributed by atoms with Gasteiger partial charge in [0.25, 0.3) is 11.5 Å². The van der Waals surface area contributed by atoms with Gasteiger partial charge in [-0.3, -0.25) is 14.2 Å². The SMILES string of the molecule is Cc1ccc(C(=O)Nc2nccn(-c3cccc(Cl)c3)c2=O)cc1. The summed E-state index contributed by atoms with van der Waals surface area (Å²) in [5, 5.41) is 3.07. The number of carbonyl (C=O) groups excluding carboxylic acids is 1. The summed E-state index contributed by atoms with van der Waals surface area (Å²) >= 11 is 5.96. The molecule has 0 saturated heterocycles. The molecule has 0 aliphatic carbocycles. The zero-order chi connectivity index (χ0) is 17.1. The molecule has 0 aliphatic rings. The predicted molar refractivity (Wildman–Crippen MR) is 94.0 cm³/mol. The van der Waals surface area contributed by atoms with E-state index in [1.54, 1.807) is 36.4 Å². The van der Waals surface area contributed by atoms with Gasteiger partial charge in [0, 0.05) is 23.0 Å². The Morgan fingerprint density at radius 3 is 2.62 bits per heavy atom. The van der Waals surface area contributed by atoms with E-state index in [4.69, 9.17) is 11.6 Å². The maximum Gasteiger partial charge on any atom is 0.298 e. The van der Waals surface area contributed by atoms with E-state index in [0.29, 0.717) is 16.3 Å². The molecule has 24 heavy (non-hydrogen) atoms. The summed E-state index contributed by atoms with van der Waals surface area (Å²) in [6.45, 7) is 1.93. The Morgan fingerprint density at radius 1 is 1.17 bits per heavy atom. The molecule has 0 aliphatic heterocycles. The van der Waals surface area contributed by atoms with Crippen molar-refractivity contribution >= 4 is 23.3 Å². The number of aryl methyl sites for hydroxylation is 1. The smallest absolute Gasteiger partial charge is 0.298 e. The average Bonchev–Trinajstić information content (AvgIpc) is 2.57. The first-order valence-electron chi connectivity index (χ1n) is 7.26. The van der Waals surface area contributed by atoms with Crippen LogP contribution < -0.4 is 10.9 Å². The van der Waals surface area contributed by atoms with Crippen LogP contribution in [-0.2, 0) is 0 Å². The van der Waals surface area contributed by atoms with E-state index >= 15 is 0 Å². The van der Waals surface area contributed by atoms with Crippen LogP contribution in [0.5, 0.6) is 0 Å². The minimum atomic E-state index is -0.430. The molecule has 2 aromatic carbocycles. The number of nitrogens with zero attached hydrogens (tertiary/aromatic N) is 2. The topological polar surface area (TPSA) is 64.0 Å². The van der Waals surface area contributed by atoms with Crippen molar-refractivity contribution in [3.05, 3.63) is 87.4 Å². The number of hydrogen-bond donors (Lipinski definition) is 1. The number of halogens is 1. The highest BCUT2D eigenvalue weighted by atomic mass is 35.5. The molecule has 1 amide bonds. The molecule has 1 aromatic heterocycles. The third kappa shape index (κ3) is 3.36. The van der Waals surface area contributed by atoms with E-state index in [9.17, 15) is 9.59 Å². The fourth-order valence-electron chi connectivity index (χ4n) is 2.21. The standard InChI is InChI=1S/C18H14ClN3O2/c1-12-5-7-13(8-6-12)17(23)21-16-18(24)22(10-9-20-16)15-4-2-3-14(19)11-15/h2-11H,1H3,(H,20,21,23). The van der Waals surface area contributed by atoms with Crippen molar-refractivity contribution in [3.8, 4) is 5.69 Å². The first kappa shape index (κ1) is 16.0. The highest BCUT2D eigenvalue weighted by molar-refractivity contribution is 6.30. The molecule has 1 N–H and O–H groups in total. The van der Waals surface area contributed by atoms with Gasteiger partial charge in [0.2, 0.25) is 0 Å². The van der Waals surface area contributed by atoms with Crippen LogP contribution in [0.15, 0.2) is 65.7 Å². The summed E-state index contributed by atoms with van der Waals surface area (Å²) in [7, 11) is 0. The molecule has 0 unspecified atom stereocenters. The average molecular weight is 340 g/mol. The van der Waals surface area contributed by atoms with Crippen molar-refractivity contribution in [2.24, 2.45) is 0 Å². The molecule has 0 fully saturated rings. The molecule has 3 rings (SSSR count). The monoisotopic (exact) mass is 339 g/mol. The molecule has 0 atom stereocenters. The number of aromatic nitrogens is 2. The molecule has 0 radical (unpaired) electrons. The molecule has 0 spiro atoms. The van der Waals surface area contributed by atoms with Gasteiger partial charge in [-0.15, -0.1) is 0 Å². The normalized spacial score (nSPS) is 10.4. The fraction of sp³-hybridized carbons (Fsp3) is 0.0556. The molecule has 5 nitrogen and oxygen atoms in total. The largest absolute Gasteiger partial charge is 0.302 e. The summed E-state index contributed by atoms with van der Waals surface area (Å²) in [6, 6.07) is 13.9. The molecule has 3 aromatic rings. The lowest BCUT2D eigenvalue weighted by Gasteiger charge is -2.09. The highest BCUT2D eigenvalue weighted by Gasteiger charge is 2.11. The second-order valence-corrected chi connectivity index (χ2v) is 5.69. The number of hydrogen-bond acceptors (Lipinski definition) is 3. The summed E-state index contributed by atoms with van der Waals surface area (Å²) in [5.74, 6) is -0.425. The number of amides is 1. The zero-order valence-electron chi connectivity index (χ0n) is 12.9. The van der Waals surface area contributed by atoms with Gasteiger partial charge in [-0.25, -0.2) is 4.98 Å². The first-order chi connectivity index (χ1) is 11.5. The summed E-state index contributed by atoms with van der Waals surface area (Å²) in [5.41, 5.74) is 1.67. The second-order valence-electron chi connectivity index (χ2n) is 5.25. The van der Waals surface area contributed by atoms with Gasteiger partial charge in [0.05, 0.1) is 5.69 Å². The summed E-state index contributed by atoms with van der Waals surface area (Å²) in [4.78, 5) is 28.8. The van der Waals surface area contributed by atoms with Crippen LogP contribution in [-0.4, -0.2) is 15.5 Å². The van der Waals surface area contributed by atoms with Crippen LogP contribution in [0.3, 0.4) is 0 Å². The Balaban J connectivity index is 1.92. The quantitative estimate of drug-likeness (QED) is 0.795. The minimum absolute atomic E-state index is 0.0388. The van der Waals surface area contributed by atoms with Gasteiger partial charge < -0.3 is 5.32 Å². The maximum absolute atomic E-state index is 12.5. The molecule has 0 saturated carbocycles. The van der Waals surface area contributed by atoms with E-state index in [1.165, 1.54) is 17.0 Å². The molecular formula is C18H14ClN3O2. The van der Waals surface area contributed by atoms with Crippen molar-refractivity contribution in [2.45, 2.75) is 6.92 Å². The molecule has 6 heteroatoms. The van der Waals surface area contributed by atoms with Crippen LogP contribution in [0.2, 0.25) is 5.02 Å². The summed E-state index contributed by atoms with van der Waals surface area (Å²) in [6.07, 6.45) is 2.97. The van der Waals surface area contributed by atoms with Crippen LogP contribution in [0.4, 0.5) is 5.82 Å². The molecular weight excluding hydrogens is 326 g/mol. The number of anilines is 1. The lowest BCUT2D eigenvalue weighted by molar-refractivity contribution is 0.102. The van der Waals surface area contributed by atoms with Crippen LogP contribution in [0.1, 0.15) is 15.9 Å². The van der Waals surface area contributed by atoms with Crippen molar-refractivity contribution < 1.29 is 4.79 Å². The zero-order valence-corrected chi connectivity index (χ0v) is 13.6. The van der Waals surface area contributed by atoms with Gasteiger partial charge in [0.1, 0.15) is 0 Å². The fourth-order valence-corrected chi connectivity index (χ4v) is 2.40. The Kier molecular flexibility index (Phi) is 4.44. The van der Waals surface area contributed by atoms with Crippen molar-refractivity contribution in [3.63, 3.8) is 0 Å². The van der Waals surface area contributed by atoms with E-state index in [0.717, 1.165) is 5.56 Å². The van der Waals surface area contributed by atoms with E-state index < -0.39 is 5.56 Å². The van der Waals surface area contributed by atoms with Gasteiger partial charge in [0.15, 0.2) is 5.82 Å². The maximum atomic E-state index is 12.5. The third-order valence-corrected chi connectivity index (χ3v) is 3.71. The lowest BCUT2D eigenvalue weighted by atomic mass is 10.1. The number of nitrogens with one attached hydrogen (secondary N) is 1. The van der Waals surface area contributed by atoms with Crippen LogP contribution in [0, 0.1) is 6.92 Å². The van der Waals surface area contributed by atoms with E-state index in [1.807, 2.05) is 19.1 Å². The van der Waals surface area contributed by atoms with Gasteiger partial charge in [-0.05, 0) is 37.3 Å². The predicted octanol–water partition coefficient (Wildman–Crippen LogP) is 3.45. The van der Waals surface area contributed by atoms with Crippen LogP contribution >= 0.6 is 11.6 Å². The number of carbonyl (C=O) groups is 1. The molecule has 0 bridgehead atoms. The second kappa shape index (κ2) is 6.68. The van der Waals surface area contributed by atoms with E-state index in [2.05, 4.69) is 10.3 Å². The molecule has 1 heterocycles. The number of rotatable bonds is 3. The Labute approximate surface area is 143 Å². The lowest BCUT2D eigenvalue weighted by Crippen LogP contribution is -2.26. The minimum Gasteiger partial charge on any atom is -0.302 e. The first-order valence-corrected chi connectivity index (χ1v) is 7.64. The van der Waals surface area contributed by atoms with Crippen LogP contribution in [0.25, 0.3) is 5.69 Å². The highest BCUT2D eigenvalue weighted by Crippen LogP contribution is 2.13. The third-order valence-electron chi connectivity index (χ3n) is 3.47. The Hall–Kier alpha value is -2.92. The van der Waals surface area contributed by atoms with E-state index in [-0.39, 0.29) is 11.7 Å². The molecule has 120 valence electrons. The van der Waals surface area contributed by atoms with Gasteiger partial charge in [-0.1, -0.05) is 35.4 Å². The Morgan fingerprint density at radius 2 is 1.92 bits per heavy atom. The van der Waals surface area contributed by atoms with Gasteiger partial charge in [-0.2, -0.15) is 0 Å². The van der Waals surface area contributed by atoms with Crippen molar-refractivity contribution in [1.82, 2.24) is 9.55 Å². The Bertz CT molecular complexity index is 949.